The lowest BCUT2D eigenvalue weighted by Crippen LogP contribution is -2.11. The van der Waals surface area contributed by atoms with Crippen LogP contribution in [0.3, 0.4) is 0 Å². The Bertz CT molecular complexity index is 303. The number of hydrogen-bond acceptors (Lipinski definition) is 3. The third kappa shape index (κ3) is 4.49. The van der Waals surface area contributed by atoms with Crippen LogP contribution in [0.5, 0.6) is 5.75 Å². The molecular weight excluding hydrogens is 192 g/mol. The average molecular weight is 208 g/mol. The van der Waals surface area contributed by atoms with Crippen molar-refractivity contribution in [2.24, 2.45) is 0 Å². The van der Waals surface area contributed by atoms with Crippen molar-refractivity contribution in [1.82, 2.24) is 0 Å². The number of hydrogen-bond donors (Lipinski definition) is 0. The third-order valence-corrected chi connectivity index (χ3v) is 1.92. The highest BCUT2D eigenvalue weighted by atomic mass is 16.6. The second-order valence-electron chi connectivity index (χ2n) is 3.24. The normalized spacial score (nSPS) is 9.73. The van der Waals surface area contributed by atoms with Crippen molar-refractivity contribution in [3.8, 4) is 5.75 Å². The summed E-state index contributed by atoms with van der Waals surface area (Å²) >= 11 is 0. The first kappa shape index (κ1) is 11.6. The first-order chi connectivity index (χ1) is 7.22. The summed E-state index contributed by atoms with van der Waals surface area (Å²) in [6.45, 7) is 4.49. The van der Waals surface area contributed by atoms with E-state index in [4.69, 9.17) is 9.47 Å². The van der Waals surface area contributed by atoms with Crippen molar-refractivity contribution in [2.75, 3.05) is 13.2 Å². The van der Waals surface area contributed by atoms with E-state index in [1.165, 1.54) is 5.56 Å². The van der Waals surface area contributed by atoms with E-state index in [-0.39, 0.29) is 5.97 Å². The molecule has 0 atom stereocenters. The van der Waals surface area contributed by atoms with Crippen molar-refractivity contribution in [3.05, 3.63) is 29.8 Å². The van der Waals surface area contributed by atoms with Crippen LogP contribution in [-0.2, 0) is 9.53 Å². The highest BCUT2D eigenvalue weighted by Gasteiger charge is 1.98. The maximum absolute atomic E-state index is 10.8. The van der Waals surface area contributed by atoms with E-state index in [1.54, 1.807) is 6.92 Å². The van der Waals surface area contributed by atoms with Gasteiger partial charge in [-0.05, 0) is 19.1 Å². The Morgan fingerprint density at radius 1 is 1.20 bits per heavy atom. The number of benzene rings is 1. The predicted molar refractivity (Wildman–Crippen MR) is 57.9 cm³/mol. The van der Waals surface area contributed by atoms with Crippen LogP contribution < -0.4 is 4.74 Å². The molecule has 0 N–H and O–H groups in total. The van der Waals surface area contributed by atoms with Crippen LogP contribution in [0.15, 0.2) is 24.3 Å². The number of ether oxygens (including phenoxy) is 2. The first-order valence-corrected chi connectivity index (χ1v) is 5.07. The molecule has 3 nitrogen and oxygen atoms in total. The van der Waals surface area contributed by atoms with Crippen molar-refractivity contribution in [2.45, 2.75) is 20.3 Å². The summed E-state index contributed by atoms with van der Waals surface area (Å²) in [5.74, 6) is 0.607. The van der Waals surface area contributed by atoms with Crippen molar-refractivity contribution >= 4 is 5.97 Å². The van der Waals surface area contributed by atoms with Gasteiger partial charge in [0.25, 0.3) is 0 Å². The zero-order chi connectivity index (χ0) is 11.1. The van der Waals surface area contributed by atoms with E-state index in [9.17, 15) is 4.79 Å². The maximum atomic E-state index is 10.8. The number of rotatable bonds is 5. The van der Waals surface area contributed by atoms with Crippen LogP contribution in [0.2, 0.25) is 0 Å². The van der Waals surface area contributed by atoms with Crippen LogP contribution >= 0.6 is 0 Å². The quantitative estimate of drug-likeness (QED) is 0.550. The van der Waals surface area contributed by atoms with Crippen LogP contribution in [0.25, 0.3) is 0 Å². The second kappa shape index (κ2) is 6.06. The fourth-order valence-corrected chi connectivity index (χ4v) is 1.05. The molecule has 1 rings (SSSR count). The van der Waals surface area contributed by atoms with Crippen LogP contribution in [-0.4, -0.2) is 19.2 Å². The summed E-state index contributed by atoms with van der Waals surface area (Å²) in [5, 5.41) is 0. The number of carbonyl (C=O) groups excluding carboxylic acids is 1. The van der Waals surface area contributed by atoms with E-state index in [1.807, 2.05) is 31.2 Å². The molecule has 82 valence electrons. The molecule has 0 heterocycles. The highest BCUT2D eigenvalue weighted by molar-refractivity contribution is 5.68. The minimum atomic E-state index is -0.192. The molecule has 0 saturated carbocycles. The van der Waals surface area contributed by atoms with Gasteiger partial charge in [-0.3, -0.25) is 4.79 Å². The number of esters is 1. The van der Waals surface area contributed by atoms with Crippen LogP contribution in [0.1, 0.15) is 18.9 Å². The predicted octanol–water partition coefficient (Wildman–Crippen LogP) is 2.33. The lowest BCUT2D eigenvalue weighted by molar-refractivity contribution is -0.143. The Kier molecular flexibility index (Phi) is 4.68. The van der Waals surface area contributed by atoms with E-state index >= 15 is 0 Å². The lowest BCUT2D eigenvalue weighted by atomic mass is 10.2. The molecule has 15 heavy (non-hydrogen) atoms. The molecule has 0 radical (unpaired) electrons. The molecule has 0 saturated heterocycles. The fourth-order valence-electron chi connectivity index (χ4n) is 1.05. The topological polar surface area (TPSA) is 35.5 Å². The molecule has 0 fully saturated rings. The molecular formula is C12H16O3. The van der Waals surface area contributed by atoms with Gasteiger partial charge in [0.2, 0.25) is 0 Å². The molecule has 0 aliphatic heterocycles. The molecule has 0 spiro atoms. The van der Waals surface area contributed by atoms with E-state index in [0.29, 0.717) is 19.6 Å². The Morgan fingerprint density at radius 2 is 1.87 bits per heavy atom. The Balaban J connectivity index is 2.20. The summed E-state index contributed by atoms with van der Waals surface area (Å²) in [5.41, 5.74) is 1.19. The van der Waals surface area contributed by atoms with Gasteiger partial charge >= 0.3 is 5.97 Å². The SMILES string of the molecule is CCC(=O)OCCOc1ccc(C)cc1. The maximum Gasteiger partial charge on any atom is 0.305 e. The summed E-state index contributed by atoms with van der Waals surface area (Å²) < 4.78 is 10.3. The minimum Gasteiger partial charge on any atom is -0.490 e. The second-order valence-corrected chi connectivity index (χ2v) is 3.24. The summed E-state index contributed by atoms with van der Waals surface area (Å²) in [7, 11) is 0. The fraction of sp³-hybridized carbons (Fsp3) is 0.417. The summed E-state index contributed by atoms with van der Waals surface area (Å²) in [6, 6.07) is 7.76. The molecule has 1 aromatic carbocycles. The zero-order valence-corrected chi connectivity index (χ0v) is 9.16. The van der Waals surface area contributed by atoms with Crippen molar-refractivity contribution < 1.29 is 14.3 Å². The van der Waals surface area contributed by atoms with Crippen LogP contribution in [0.4, 0.5) is 0 Å². The number of aryl methyl sites for hydroxylation is 1. The summed E-state index contributed by atoms with van der Waals surface area (Å²) in [6.07, 6.45) is 0.407. The largest absolute Gasteiger partial charge is 0.490 e. The van der Waals surface area contributed by atoms with Gasteiger partial charge in [-0.25, -0.2) is 0 Å². The first-order valence-electron chi connectivity index (χ1n) is 5.07. The zero-order valence-electron chi connectivity index (χ0n) is 9.16. The van der Waals surface area contributed by atoms with Gasteiger partial charge in [-0.15, -0.1) is 0 Å². The molecule has 0 aliphatic rings. The van der Waals surface area contributed by atoms with Gasteiger partial charge in [0.15, 0.2) is 0 Å². The van der Waals surface area contributed by atoms with E-state index in [0.717, 1.165) is 5.75 Å². The van der Waals surface area contributed by atoms with Gasteiger partial charge in [0.05, 0.1) is 0 Å². The van der Waals surface area contributed by atoms with Gasteiger partial charge in [0, 0.05) is 6.42 Å². The van der Waals surface area contributed by atoms with Crippen molar-refractivity contribution in [1.29, 1.82) is 0 Å². The minimum absolute atomic E-state index is 0.192. The smallest absolute Gasteiger partial charge is 0.305 e. The standard InChI is InChI=1S/C12H16O3/c1-3-12(13)15-9-8-14-11-6-4-10(2)5-7-11/h4-7H,3,8-9H2,1-2H3. The Morgan fingerprint density at radius 3 is 2.47 bits per heavy atom. The van der Waals surface area contributed by atoms with Gasteiger partial charge < -0.3 is 9.47 Å². The summed E-state index contributed by atoms with van der Waals surface area (Å²) in [4.78, 5) is 10.8. The molecule has 0 amide bonds. The van der Waals surface area contributed by atoms with Gasteiger partial charge in [-0.1, -0.05) is 24.6 Å². The van der Waals surface area contributed by atoms with Crippen LogP contribution in [0, 0.1) is 6.92 Å². The third-order valence-electron chi connectivity index (χ3n) is 1.92. The number of carbonyl (C=O) groups is 1. The molecule has 0 unspecified atom stereocenters. The highest BCUT2D eigenvalue weighted by Crippen LogP contribution is 2.10. The Labute approximate surface area is 90.0 Å². The van der Waals surface area contributed by atoms with Gasteiger partial charge in [0.1, 0.15) is 19.0 Å². The van der Waals surface area contributed by atoms with Gasteiger partial charge in [-0.2, -0.15) is 0 Å². The van der Waals surface area contributed by atoms with Crippen molar-refractivity contribution in [3.63, 3.8) is 0 Å². The molecule has 1 aromatic rings. The van der Waals surface area contributed by atoms with E-state index < -0.39 is 0 Å². The monoisotopic (exact) mass is 208 g/mol. The lowest BCUT2D eigenvalue weighted by Gasteiger charge is -2.06. The molecule has 0 aromatic heterocycles. The average Bonchev–Trinajstić information content (AvgIpc) is 2.26. The molecule has 0 bridgehead atoms. The van der Waals surface area contributed by atoms with E-state index in [2.05, 4.69) is 0 Å². The molecule has 0 aliphatic carbocycles. The Hall–Kier alpha value is -1.51. The molecule has 3 heteroatoms.